The maximum Gasteiger partial charge on any atom is 0.0670 e. The molecule has 2 fully saturated rings. The van der Waals surface area contributed by atoms with E-state index in [1.807, 2.05) is 12.1 Å². The minimum absolute atomic E-state index is 0.341. The second-order valence-electron chi connectivity index (χ2n) is 6.30. The van der Waals surface area contributed by atoms with Crippen molar-refractivity contribution in [1.82, 2.24) is 0 Å². The second kappa shape index (κ2) is 6.47. The molecule has 1 spiro atoms. The number of hydrogen-bond acceptors (Lipinski definition) is 2. The summed E-state index contributed by atoms with van der Waals surface area (Å²) in [7, 11) is 0. The van der Waals surface area contributed by atoms with E-state index in [0.29, 0.717) is 17.6 Å². The van der Waals surface area contributed by atoms with Gasteiger partial charge in [0, 0.05) is 28.2 Å². The number of nitrogens with one attached hydrogen (secondary N) is 1. The lowest BCUT2D eigenvalue weighted by Crippen LogP contribution is -2.62. The monoisotopic (exact) mass is 371 g/mol. The van der Waals surface area contributed by atoms with Crippen molar-refractivity contribution in [3.05, 3.63) is 27.7 Å². The van der Waals surface area contributed by atoms with Crippen molar-refractivity contribution in [1.29, 1.82) is 0 Å². The van der Waals surface area contributed by atoms with E-state index >= 15 is 0 Å². The summed E-state index contributed by atoms with van der Waals surface area (Å²) in [6.07, 6.45) is 8.18. The quantitative estimate of drug-likeness (QED) is 0.738. The first-order chi connectivity index (χ1) is 10.2. The van der Waals surface area contributed by atoms with Crippen LogP contribution in [0.5, 0.6) is 0 Å². The molecule has 2 atom stereocenters. The Morgan fingerprint density at radius 2 is 2.10 bits per heavy atom. The van der Waals surface area contributed by atoms with Crippen molar-refractivity contribution in [2.75, 3.05) is 11.9 Å². The van der Waals surface area contributed by atoms with Gasteiger partial charge in [0.15, 0.2) is 0 Å². The Morgan fingerprint density at radius 3 is 2.76 bits per heavy atom. The van der Waals surface area contributed by atoms with E-state index in [4.69, 9.17) is 16.3 Å². The van der Waals surface area contributed by atoms with Gasteiger partial charge in [-0.25, -0.2) is 0 Å². The van der Waals surface area contributed by atoms with E-state index in [2.05, 4.69) is 34.2 Å². The molecular weight excluding hydrogens is 350 g/mol. The van der Waals surface area contributed by atoms with E-state index in [9.17, 15) is 0 Å². The van der Waals surface area contributed by atoms with Gasteiger partial charge in [0.2, 0.25) is 0 Å². The van der Waals surface area contributed by atoms with Crippen LogP contribution in [-0.4, -0.2) is 18.8 Å². The zero-order chi connectivity index (χ0) is 14.9. The molecular formula is C17H23BrClNO. The van der Waals surface area contributed by atoms with Gasteiger partial charge in [0.1, 0.15) is 0 Å². The number of rotatable bonds is 4. The normalized spacial score (nSPS) is 27.4. The number of benzene rings is 1. The Kier molecular flexibility index (Phi) is 4.82. The third-order valence-electron chi connectivity index (χ3n) is 5.20. The lowest BCUT2D eigenvalue weighted by molar-refractivity contribution is -0.134. The molecule has 0 bridgehead atoms. The molecule has 0 aromatic heterocycles. The summed E-state index contributed by atoms with van der Waals surface area (Å²) < 4.78 is 6.96. The van der Waals surface area contributed by atoms with E-state index in [-0.39, 0.29) is 0 Å². The molecule has 21 heavy (non-hydrogen) atoms. The first kappa shape index (κ1) is 15.6. The molecule has 2 unspecified atom stereocenters. The Hall–Kier alpha value is -0.250. The Balaban J connectivity index is 1.73. The van der Waals surface area contributed by atoms with Gasteiger partial charge in [-0.2, -0.15) is 0 Å². The van der Waals surface area contributed by atoms with Gasteiger partial charge in [-0.1, -0.05) is 30.9 Å². The molecule has 0 saturated heterocycles. The van der Waals surface area contributed by atoms with Gasteiger partial charge in [-0.15, -0.1) is 0 Å². The van der Waals surface area contributed by atoms with Crippen molar-refractivity contribution in [2.24, 2.45) is 5.41 Å². The number of ether oxygens (including phenoxy) is 1. The highest BCUT2D eigenvalue weighted by Crippen LogP contribution is 2.54. The van der Waals surface area contributed by atoms with Gasteiger partial charge in [0.05, 0.1) is 11.1 Å². The Morgan fingerprint density at radius 1 is 1.33 bits per heavy atom. The highest BCUT2D eigenvalue weighted by molar-refractivity contribution is 9.10. The summed E-state index contributed by atoms with van der Waals surface area (Å²) in [4.78, 5) is 0. The summed E-state index contributed by atoms with van der Waals surface area (Å²) in [5.74, 6) is 0. The summed E-state index contributed by atoms with van der Waals surface area (Å²) in [6, 6.07) is 6.64. The van der Waals surface area contributed by atoms with Crippen LogP contribution in [0.4, 0.5) is 5.69 Å². The van der Waals surface area contributed by atoms with Crippen molar-refractivity contribution >= 4 is 33.2 Å². The average Bonchev–Trinajstić information content (AvgIpc) is 2.50. The lowest BCUT2D eigenvalue weighted by Gasteiger charge is -2.58. The minimum Gasteiger partial charge on any atom is -0.382 e. The topological polar surface area (TPSA) is 21.3 Å². The smallest absolute Gasteiger partial charge is 0.0670 e. The van der Waals surface area contributed by atoms with Crippen molar-refractivity contribution in [2.45, 2.75) is 57.6 Å². The largest absolute Gasteiger partial charge is 0.382 e. The van der Waals surface area contributed by atoms with Crippen molar-refractivity contribution < 1.29 is 4.74 Å². The lowest BCUT2D eigenvalue weighted by atomic mass is 9.55. The van der Waals surface area contributed by atoms with Gasteiger partial charge in [-0.05, 0) is 60.3 Å². The second-order valence-corrected chi connectivity index (χ2v) is 7.56. The molecule has 1 aromatic rings. The highest BCUT2D eigenvalue weighted by atomic mass is 79.9. The third kappa shape index (κ3) is 2.97. The maximum atomic E-state index is 6.20. The fourth-order valence-electron chi connectivity index (χ4n) is 4.05. The molecule has 0 amide bonds. The van der Waals surface area contributed by atoms with Gasteiger partial charge in [0.25, 0.3) is 0 Å². The minimum atomic E-state index is 0.341. The SMILES string of the molecule is CCOC1CC(Nc2ccc(Br)c(Cl)c2)C12CCCCC2. The first-order valence-electron chi connectivity index (χ1n) is 7.99. The van der Waals surface area contributed by atoms with E-state index in [0.717, 1.165) is 28.2 Å². The van der Waals surface area contributed by atoms with E-state index in [1.54, 1.807) is 0 Å². The van der Waals surface area contributed by atoms with Crippen molar-refractivity contribution in [3.8, 4) is 0 Å². The molecule has 0 heterocycles. The highest BCUT2D eigenvalue weighted by Gasteiger charge is 2.55. The van der Waals surface area contributed by atoms with Crippen LogP contribution in [0, 0.1) is 5.41 Å². The fourth-order valence-corrected chi connectivity index (χ4v) is 4.48. The van der Waals surface area contributed by atoms with Crippen LogP contribution in [0.15, 0.2) is 22.7 Å². The zero-order valence-electron chi connectivity index (χ0n) is 12.5. The third-order valence-corrected chi connectivity index (χ3v) is 6.43. The van der Waals surface area contributed by atoms with Gasteiger partial charge in [-0.3, -0.25) is 0 Å². The molecule has 116 valence electrons. The van der Waals surface area contributed by atoms with Crippen LogP contribution in [0.3, 0.4) is 0 Å². The number of hydrogen-bond donors (Lipinski definition) is 1. The van der Waals surface area contributed by atoms with Crippen LogP contribution >= 0.6 is 27.5 Å². The summed E-state index contributed by atoms with van der Waals surface area (Å²) in [5, 5.41) is 4.47. The van der Waals surface area contributed by atoms with E-state index in [1.165, 1.54) is 32.1 Å². The molecule has 2 nitrogen and oxygen atoms in total. The average molecular weight is 373 g/mol. The standard InChI is InChI=1S/C17H23BrClNO/c1-2-21-16-11-15(17(16)8-4-3-5-9-17)20-12-6-7-13(18)14(19)10-12/h6-7,10,15-16,20H,2-5,8-9,11H2,1H3. The molecule has 0 aliphatic heterocycles. The van der Waals surface area contributed by atoms with Crippen LogP contribution < -0.4 is 5.32 Å². The van der Waals surface area contributed by atoms with Crippen LogP contribution in [-0.2, 0) is 4.74 Å². The summed E-state index contributed by atoms with van der Waals surface area (Å²) in [6.45, 7) is 2.93. The molecule has 3 rings (SSSR count). The predicted octanol–water partition coefficient (Wildman–Crippen LogP) is 5.64. The summed E-state index contributed by atoms with van der Waals surface area (Å²) in [5.41, 5.74) is 1.46. The first-order valence-corrected chi connectivity index (χ1v) is 9.16. The van der Waals surface area contributed by atoms with Crippen LogP contribution in [0.2, 0.25) is 5.02 Å². The molecule has 2 saturated carbocycles. The Bertz CT molecular complexity index is 502. The molecule has 0 radical (unpaired) electrons. The zero-order valence-corrected chi connectivity index (χ0v) is 14.8. The number of anilines is 1. The maximum absolute atomic E-state index is 6.20. The molecule has 2 aliphatic carbocycles. The van der Waals surface area contributed by atoms with Gasteiger partial charge >= 0.3 is 0 Å². The van der Waals surface area contributed by atoms with Crippen LogP contribution in [0.25, 0.3) is 0 Å². The fraction of sp³-hybridized carbons (Fsp3) is 0.647. The molecule has 1 N–H and O–H groups in total. The Labute approximate surface area is 140 Å². The molecule has 2 aliphatic rings. The van der Waals surface area contributed by atoms with Crippen molar-refractivity contribution in [3.63, 3.8) is 0 Å². The molecule has 4 heteroatoms. The summed E-state index contributed by atoms with van der Waals surface area (Å²) >= 11 is 9.65. The molecule has 1 aromatic carbocycles. The van der Waals surface area contributed by atoms with Crippen LogP contribution in [0.1, 0.15) is 45.4 Å². The van der Waals surface area contributed by atoms with E-state index < -0.39 is 0 Å². The predicted molar refractivity (Wildman–Crippen MR) is 92.1 cm³/mol. The van der Waals surface area contributed by atoms with Gasteiger partial charge < -0.3 is 10.1 Å². The number of halogens is 2.